The fraction of sp³-hybridized carbons (Fsp3) is 0.500. The van der Waals surface area contributed by atoms with Crippen molar-refractivity contribution in [1.29, 1.82) is 0 Å². The summed E-state index contributed by atoms with van der Waals surface area (Å²) in [4.78, 5) is 0. The molecule has 0 bridgehead atoms. The number of rotatable bonds is 4. The van der Waals surface area contributed by atoms with E-state index in [-0.39, 0.29) is 0 Å². The minimum absolute atomic E-state index is 0.341. The van der Waals surface area contributed by atoms with E-state index in [1.165, 1.54) is 4.31 Å². The zero-order valence-electron chi connectivity index (χ0n) is 10.5. The predicted molar refractivity (Wildman–Crippen MR) is 71.4 cm³/mol. The Morgan fingerprint density at radius 3 is 2.72 bits per heavy atom. The second-order valence-corrected chi connectivity index (χ2v) is 6.22. The van der Waals surface area contributed by atoms with Crippen molar-refractivity contribution in [3.63, 3.8) is 0 Å². The lowest BCUT2D eigenvalue weighted by Crippen LogP contribution is -2.50. The lowest BCUT2D eigenvalue weighted by molar-refractivity contribution is 0.354. The standard InChI is InChI=1S/C12H19N3O2S/c1-11-3-2-4-12(9-11)10-14-18(16,17)15-7-5-13-6-8-15/h2-4,9,13-14H,5-8,10H2,1H3. The average Bonchev–Trinajstić information content (AvgIpc) is 2.38. The van der Waals surface area contributed by atoms with Crippen LogP contribution in [0.15, 0.2) is 24.3 Å². The lowest BCUT2D eigenvalue weighted by atomic mass is 10.1. The van der Waals surface area contributed by atoms with Gasteiger partial charge in [-0.2, -0.15) is 17.4 Å². The number of nitrogens with zero attached hydrogens (tertiary/aromatic N) is 1. The molecular weight excluding hydrogens is 250 g/mol. The molecule has 2 N–H and O–H groups in total. The summed E-state index contributed by atoms with van der Waals surface area (Å²) in [6.07, 6.45) is 0. The zero-order valence-corrected chi connectivity index (χ0v) is 11.3. The first kappa shape index (κ1) is 13.5. The van der Waals surface area contributed by atoms with Gasteiger partial charge in [0.1, 0.15) is 0 Å². The molecule has 0 unspecified atom stereocenters. The van der Waals surface area contributed by atoms with Crippen LogP contribution in [-0.4, -0.2) is 38.9 Å². The molecule has 1 aliphatic rings. The van der Waals surface area contributed by atoms with Gasteiger partial charge >= 0.3 is 0 Å². The van der Waals surface area contributed by atoms with Crippen LogP contribution >= 0.6 is 0 Å². The minimum atomic E-state index is -3.35. The smallest absolute Gasteiger partial charge is 0.279 e. The van der Waals surface area contributed by atoms with Crippen LogP contribution in [0.5, 0.6) is 0 Å². The predicted octanol–water partition coefficient (Wildman–Crippen LogP) is 0.235. The van der Waals surface area contributed by atoms with Crippen molar-refractivity contribution < 1.29 is 8.42 Å². The van der Waals surface area contributed by atoms with Crippen LogP contribution in [0, 0.1) is 6.92 Å². The maximum absolute atomic E-state index is 12.0. The van der Waals surface area contributed by atoms with E-state index >= 15 is 0 Å². The Morgan fingerprint density at radius 2 is 2.06 bits per heavy atom. The molecule has 100 valence electrons. The first-order chi connectivity index (χ1) is 8.58. The number of hydrogen-bond donors (Lipinski definition) is 2. The summed E-state index contributed by atoms with van der Waals surface area (Å²) in [5.41, 5.74) is 2.11. The highest BCUT2D eigenvalue weighted by atomic mass is 32.2. The molecule has 0 aromatic heterocycles. The fourth-order valence-electron chi connectivity index (χ4n) is 1.97. The summed E-state index contributed by atoms with van der Waals surface area (Å²) < 4.78 is 28.2. The van der Waals surface area contributed by atoms with Crippen molar-refractivity contribution in [2.45, 2.75) is 13.5 Å². The van der Waals surface area contributed by atoms with Gasteiger partial charge in [-0.25, -0.2) is 0 Å². The van der Waals surface area contributed by atoms with E-state index in [0.717, 1.165) is 11.1 Å². The lowest BCUT2D eigenvalue weighted by Gasteiger charge is -2.26. The Morgan fingerprint density at radius 1 is 1.33 bits per heavy atom. The maximum atomic E-state index is 12.0. The highest BCUT2D eigenvalue weighted by molar-refractivity contribution is 7.87. The van der Waals surface area contributed by atoms with Gasteiger partial charge in [-0.15, -0.1) is 0 Å². The molecule has 0 radical (unpaired) electrons. The molecule has 1 aromatic carbocycles. The summed E-state index contributed by atoms with van der Waals surface area (Å²) in [6.45, 7) is 4.82. The molecule has 1 saturated heterocycles. The third kappa shape index (κ3) is 3.52. The Kier molecular flexibility index (Phi) is 4.34. The van der Waals surface area contributed by atoms with E-state index in [9.17, 15) is 8.42 Å². The summed E-state index contributed by atoms with van der Waals surface area (Å²) >= 11 is 0. The largest absolute Gasteiger partial charge is 0.314 e. The van der Waals surface area contributed by atoms with Crippen molar-refractivity contribution in [1.82, 2.24) is 14.3 Å². The van der Waals surface area contributed by atoms with Gasteiger partial charge in [-0.05, 0) is 12.5 Å². The van der Waals surface area contributed by atoms with Crippen LogP contribution in [0.25, 0.3) is 0 Å². The van der Waals surface area contributed by atoms with Crippen molar-refractivity contribution in [3.8, 4) is 0 Å². The third-order valence-electron chi connectivity index (χ3n) is 2.96. The average molecular weight is 269 g/mol. The molecule has 1 aliphatic heterocycles. The normalized spacial score (nSPS) is 17.8. The molecule has 0 atom stereocenters. The highest BCUT2D eigenvalue weighted by Crippen LogP contribution is 2.06. The van der Waals surface area contributed by atoms with E-state index in [4.69, 9.17) is 0 Å². The van der Waals surface area contributed by atoms with Crippen LogP contribution < -0.4 is 10.0 Å². The van der Waals surface area contributed by atoms with Gasteiger partial charge < -0.3 is 5.32 Å². The quantitative estimate of drug-likeness (QED) is 0.823. The van der Waals surface area contributed by atoms with Gasteiger partial charge in [-0.1, -0.05) is 29.8 Å². The van der Waals surface area contributed by atoms with E-state index in [0.29, 0.717) is 32.7 Å². The molecule has 18 heavy (non-hydrogen) atoms. The second-order valence-electron chi connectivity index (χ2n) is 4.46. The Bertz CT molecular complexity index is 496. The topological polar surface area (TPSA) is 61.4 Å². The van der Waals surface area contributed by atoms with Gasteiger partial charge in [0.25, 0.3) is 10.2 Å². The SMILES string of the molecule is Cc1cccc(CNS(=O)(=O)N2CCNCC2)c1. The molecular formula is C12H19N3O2S. The van der Waals surface area contributed by atoms with E-state index in [1.54, 1.807) is 0 Å². The first-order valence-corrected chi connectivity index (χ1v) is 7.53. The molecule has 0 amide bonds. The number of hydrogen-bond acceptors (Lipinski definition) is 3. The number of piperazine rings is 1. The molecule has 1 heterocycles. The Hall–Kier alpha value is -0.950. The molecule has 0 aliphatic carbocycles. The maximum Gasteiger partial charge on any atom is 0.279 e. The monoisotopic (exact) mass is 269 g/mol. The Labute approximate surface area is 108 Å². The van der Waals surface area contributed by atoms with Gasteiger partial charge in [0, 0.05) is 32.7 Å². The molecule has 5 nitrogen and oxygen atoms in total. The molecule has 1 fully saturated rings. The summed E-state index contributed by atoms with van der Waals surface area (Å²) in [6, 6.07) is 7.84. The molecule has 0 saturated carbocycles. The van der Waals surface area contributed by atoms with Crippen molar-refractivity contribution in [2.24, 2.45) is 0 Å². The van der Waals surface area contributed by atoms with E-state index < -0.39 is 10.2 Å². The van der Waals surface area contributed by atoms with Gasteiger partial charge in [0.2, 0.25) is 0 Å². The number of aryl methyl sites for hydroxylation is 1. The molecule has 0 spiro atoms. The van der Waals surface area contributed by atoms with Gasteiger partial charge in [0.15, 0.2) is 0 Å². The second kappa shape index (κ2) is 5.79. The first-order valence-electron chi connectivity index (χ1n) is 6.09. The Balaban J connectivity index is 1.96. The molecule has 1 aromatic rings. The van der Waals surface area contributed by atoms with Gasteiger partial charge in [0.05, 0.1) is 0 Å². The van der Waals surface area contributed by atoms with E-state index in [2.05, 4.69) is 10.0 Å². The van der Waals surface area contributed by atoms with Crippen LogP contribution in [0.1, 0.15) is 11.1 Å². The van der Waals surface area contributed by atoms with Crippen molar-refractivity contribution in [3.05, 3.63) is 35.4 Å². The van der Waals surface area contributed by atoms with Crippen molar-refractivity contribution in [2.75, 3.05) is 26.2 Å². The third-order valence-corrected chi connectivity index (χ3v) is 4.51. The van der Waals surface area contributed by atoms with Crippen LogP contribution in [-0.2, 0) is 16.8 Å². The number of benzene rings is 1. The van der Waals surface area contributed by atoms with E-state index in [1.807, 2.05) is 31.2 Å². The fourth-order valence-corrected chi connectivity index (χ4v) is 3.17. The van der Waals surface area contributed by atoms with Crippen LogP contribution in [0.3, 0.4) is 0 Å². The van der Waals surface area contributed by atoms with Crippen LogP contribution in [0.4, 0.5) is 0 Å². The summed E-state index contributed by atoms with van der Waals surface area (Å²) in [5, 5.41) is 3.13. The summed E-state index contributed by atoms with van der Waals surface area (Å²) in [5.74, 6) is 0. The molecule has 6 heteroatoms. The zero-order chi connectivity index (χ0) is 13.0. The van der Waals surface area contributed by atoms with Gasteiger partial charge in [-0.3, -0.25) is 0 Å². The highest BCUT2D eigenvalue weighted by Gasteiger charge is 2.22. The molecule has 2 rings (SSSR count). The van der Waals surface area contributed by atoms with Crippen LogP contribution in [0.2, 0.25) is 0 Å². The minimum Gasteiger partial charge on any atom is -0.314 e. The summed E-state index contributed by atoms with van der Waals surface area (Å²) in [7, 11) is -3.35. The van der Waals surface area contributed by atoms with Crippen molar-refractivity contribution >= 4 is 10.2 Å². The number of nitrogens with one attached hydrogen (secondary N) is 2.